The van der Waals surface area contributed by atoms with Gasteiger partial charge in [0.25, 0.3) is 0 Å². The van der Waals surface area contributed by atoms with Gasteiger partial charge >= 0.3 is 0 Å². The lowest BCUT2D eigenvalue weighted by Crippen LogP contribution is -2.36. The van der Waals surface area contributed by atoms with Crippen LogP contribution in [0.15, 0.2) is 0 Å². The lowest BCUT2D eigenvalue weighted by molar-refractivity contribution is 0.221. The Hall–Kier alpha value is -0.0800. The van der Waals surface area contributed by atoms with Crippen LogP contribution < -0.4 is 5.32 Å². The van der Waals surface area contributed by atoms with Crippen molar-refractivity contribution in [2.75, 3.05) is 19.6 Å². The molecule has 2 fully saturated rings. The van der Waals surface area contributed by atoms with Crippen LogP contribution in [0.25, 0.3) is 0 Å². The minimum atomic E-state index is 0.827. The summed E-state index contributed by atoms with van der Waals surface area (Å²) in [6.45, 7) is 8.55. The molecule has 0 aromatic heterocycles. The Kier molecular flexibility index (Phi) is 5.97. The van der Waals surface area contributed by atoms with E-state index >= 15 is 0 Å². The molecule has 1 N–H and O–H groups in total. The molecule has 2 rings (SSSR count). The Morgan fingerprint density at radius 2 is 2.00 bits per heavy atom. The zero-order valence-corrected chi connectivity index (χ0v) is 12.5. The van der Waals surface area contributed by atoms with Crippen molar-refractivity contribution in [3.63, 3.8) is 0 Å². The van der Waals surface area contributed by atoms with E-state index in [1.165, 1.54) is 71.0 Å². The maximum Gasteiger partial charge on any atom is 0.00958 e. The third kappa shape index (κ3) is 3.71. The maximum absolute atomic E-state index is 3.76. The molecule has 2 aliphatic rings. The molecule has 1 saturated carbocycles. The molecule has 0 bridgehead atoms. The molecule has 0 radical (unpaired) electrons. The molecule has 3 atom stereocenters. The van der Waals surface area contributed by atoms with E-state index in [0.29, 0.717) is 0 Å². The van der Waals surface area contributed by atoms with Gasteiger partial charge in [0.15, 0.2) is 0 Å². The van der Waals surface area contributed by atoms with E-state index in [1.54, 1.807) is 0 Å². The lowest BCUT2D eigenvalue weighted by atomic mass is 9.98. The van der Waals surface area contributed by atoms with Crippen LogP contribution in [-0.4, -0.2) is 36.6 Å². The second kappa shape index (κ2) is 7.49. The van der Waals surface area contributed by atoms with Gasteiger partial charge in [0, 0.05) is 12.1 Å². The molecule has 0 aromatic carbocycles. The van der Waals surface area contributed by atoms with Gasteiger partial charge in [0.2, 0.25) is 0 Å². The van der Waals surface area contributed by atoms with Crippen molar-refractivity contribution in [3.8, 4) is 0 Å². The highest BCUT2D eigenvalue weighted by Gasteiger charge is 2.28. The van der Waals surface area contributed by atoms with Crippen molar-refractivity contribution in [2.24, 2.45) is 5.92 Å². The highest BCUT2D eigenvalue weighted by atomic mass is 15.2. The average molecular weight is 252 g/mol. The Morgan fingerprint density at radius 3 is 2.78 bits per heavy atom. The molecule has 2 heteroatoms. The first-order chi connectivity index (χ1) is 8.85. The summed E-state index contributed by atoms with van der Waals surface area (Å²) < 4.78 is 0. The van der Waals surface area contributed by atoms with E-state index in [4.69, 9.17) is 0 Å². The molecular weight excluding hydrogens is 220 g/mol. The zero-order valence-electron chi connectivity index (χ0n) is 12.5. The van der Waals surface area contributed by atoms with Crippen LogP contribution in [-0.2, 0) is 0 Å². The molecule has 0 amide bonds. The van der Waals surface area contributed by atoms with Crippen molar-refractivity contribution >= 4 is 0 Å². The van der Waals surface area contributed by atoms with Gasteiger partial charge in [0.1, 0.15) is 0 Å². The zero-order chi connectivity index (χ0) is 12.8. The van der Waals surface area contributed by atoms with E-state index < -0.39 is 0 Å². The Bertz CT molecular complexity index is 229. The van der Waals surface area contributed by atoms with Crippen LogP contribution in [0.1, 0.15) is 65.2 Å². The van der Waals surface area contributed by atoms with E-state index in [-0.39, 0.29) is 0 Å². The minimum absolute atomic E-state index is 0.827. The molecule has 1 heterocycles. The summed E-state index contributed by atoms with van der Waals surface area (Å²) in [5.41, 5.74) is 0. The number of hydrogen-bond acceptors (Lipinski definition) is 2. The van der Waals surface area contributed by atoms with Crippen LogP contribution in [0.2, 0.25) is 0 Å². The SMILES string of the molecule is CCCNC1CCCC1CCN1CCCC1CC. The topological polar surface area (TPSA) is 15.3 Å². The van der Waals surface area contributed by atoms with Crippen molar-refractivity contribution < 1.29 is 0 Å². The van der Waals surface area contributed by atoms with Gasteiger partial charge in [-0.25, -0.2) is 0 Å². The summed E-state index contributed by atoms with van der Waals surface area (Å²) in [7, 11) is 0. The molecule has 3 unspecified atom stereocenters. The fraction of sp³-hybridized carbons (Fsp3) is 1.00. The molecule has 1 aliphatic carbocycles. The molecule has 18 heavy (non-hydrogen) atoms. The van der Waals surface area contributed by atoms with Crippen molar-refractivity contribution in [3.05, 3.63) is 0 Å². The second-order valence-corrected chi connectivity index (χ2v) is 6.28. The van der Waals surface area contributed by atoms with Crippen LogP contribution in [0.4, 0.5) is 0 Å². The molecular formula is C16H32N2. The van der Waals surface area contributed by atoms with Gasteiger partial charge in [-0.1, -0.05) is 20.3 Å². The van der Waals surface area contributed by atoms with Crippen molar-refractivity contribution in [1.82, 2.24) is 10.2 Å². The number of likely N-dealkylation sites (tertiary alicyclic amines) is 1. The van der Waals surface area contributed by atoms with Gasteiger partial charge in [-0.15, -0.1) is 0 Å². The lowest BCUT2D eigenvalue weighted by Gasteiger charge is -2.27. The molecule has 2 nitrogen and oxygen atoms in total. The highest BCUT2D eigenvalue weighted by Crippen LogP contribution is 2.30. The number of nitrogens with zero attached hydrogens (tertiary/aromatic N) is 1. The predicted octanol–water partition coefficient (Wildman–Crippen LogP) is 3.42. The monoisotopic (exact) mass is 252 g/mol. The summed E-state index contributed by atoms with van der Waals surface area (Å²) in [5, 5.41) is 3.76. The van der Waals surface area contributed by atoms with Gasteiger partial charge in [-0.05, 0) is 70.5 Å². The van der Waals surface area contributed by atoms with E-state index in [2.05, 4.69) is 24.1 Å². The molecule has 1 aliphatic heterocycles. The van der Waals surface area contributed by atoms with Gasteiger partial charge in [-0.2, -0.15) is 0 Å². The smallest absolute Gasteiger partial charge is 0.00958 e. The fourth-order valence-corrected chi connectivity index (χ4v) is 3.96. The Labute approximate surface area is 114 Å². The normalized spacial score (nSPS) is 33.3. The van der Waals surface area contributed by atoms with Crippen LogP contribution in [0.5, 0.6) is 0 Å². The van der Waals surface area contributed by atoms with Gasteiger partial charge < -0.3 is 10.2 Å². The summed E-state index contributed by atoms with van der Waals surface area (Å²) in [6, 6.07) is 1.72. The van der Waals surface area contributed by atoms with Gasteiger partial charge in [-0.3, -0.25) is 0 Å². The first-order valence-corrected chi connectivity index (χ1v) is 8.32. The number of nitrogens with one attached hydrogen (secondary N) is 1. The summed E-state index contributed by atoms with van der Waals surface area (Å²) in [6.07, 6.45) is 11.3. The second-order valence-electron chi connectivity index (χ2n) is 6.28. The first kappa shape index (κ1) is 14.3. The number of hydrogen-bond donors (Lipinski definition) is 1. The Balaban J connectivity index is 1.71. The van der Waals surface area contributed by atoms with Gasteiger partial charge in [0.05, 0.1) is 0 Å². The Morgan fingerprint density at radius 1 is 1.11 bits per heavy atom. The summed E-state index contributed by atoms with van der Waals surface area (Å²) in [5.74, 6) is 0.953. The molecule has 0 aromatic rings. The third-order valence-corrected chi connectivity index (χ3v) is 5.07. The van der Waals surface area contributed by atoms with Crippen LogP contribution >= 0.6 is 0 Å². The van der Waals surface area contributed by atoms with Crippen LogP contribution in [0, 0.1) is 5.92 Å². The maximum atomic E-state index is 3.76. The van der Waals surface area contributed by atoms with Crippen molar-refractivity contribution in [1.29, 1.82) is 0 Å². The predicted molar refractivity (Wildman–Crippen MR) is 78.9 cm³/mol. The average Bonchev–Trinajstić information content (AvgIpc) is 3.02. The molecule has 1 saturated heterocycles. The quantitative estimate of drug-likeness (QED) is 0.747. The van der Waals surface area contributed by atoms with Crippen LogP contribution in [0.3, 0.4) is 0 Å². The summed E-state index contributed by atoms with van der Waals surface area (Å²) in [4.78, 5) is 2.76. The van der Waals surface area contributed by atoms with Crippen molar-refractivity contribution in [2.45, 2.75) is 77.3 Å². The fourth-order valence-electron chi connectivity index (χ4n) is 3.96. The largest absolute Gasteiger partial charge is 0.314 e. The summed E-state index contributed by atoms with van der Waals surface area (Å²) >= 11 is 0. The first-order valence-electron chi connectivity index (χ1n) is 8.32. The third-order valence-electron chi connectivity index (χ3n) is 5.07. The minimum Gasteiger partial charge on any atom is -0.314 e. The highest BCUT2D eigenvalue weighted by molar-refractivity contribution is 4.85. The number of rotatable bonds is 7. The van der Waals surface area contributed by atoms with E-state index in [9.17, 15) is 0 Å². The molecule has 106 valence electrons. The van der Waals surface area contributed by atoms with E-state index in [0.717, 1.165) is 18.0 Å². The van der Waals surface area contributed by atoms with E-state index in [1.807, 2.05) is 0 Å². The molecule has 0 spiro atoms. The standard InChI is InChI=1S/C16H32N2/c1-3-11-17-16-9-5-7-14(16)10-13-18-12-6-8-15(18)4-2/h14-17H,3-13H2,1-2H3.